The van der Waals surface area contributed by atoms with Gasteiger partial charge in [0.05, 0.1) is 5.41 Å². The Morgan fingerprint density at radius 2 is 1.83 bits per heavy atom. The molecule has 0 radical (unpaired) electrons. The summed E-state index contributed by atoms with van der Waals surface area (Å²) in [6, 6.07) is 10.9. The molecule has 3 N–H and O–H groups in total. The highest BCUT2D eigenvalue weighted by molar-refractivity contribution is 5.83. The molecule has 1 fully saturated rings. The number of carbonyl (C=O) groups is 1. The van der Waals surface area contributed by atoms with Gasteiger partial charge < -0.3 is 11.1 Å². The first-order chi connectivity index (χ1) is 11.1. The molecular formula is C19H31N3O. The van der Waals surface area contributed by atoms with Crippen LogP contribution in [0.1, 0.15) is 45.1 Å². The van der Waals surface area contributed by atoms with Crippen LogP contribution in [0.5, 0.6) is 0 Å². The van der Waals surface area contributed by atoms with Crippen LogP contribution in [0.3, 0.4) is 0 Å². The van der Waals surface area contributed by atoms with Crippen molar-refractivity contribution in [2.45, 2.75) is 52.1 Å². The minimum absolute atomic E-state index is 0.145. The normalized spacial score (nSPS) is 17.2. The van der Waals surface area contributed by atoms with E-state index in [4.69, 9.17) is 5.73 Å². The maximum Gasteiger partial charge on any atom is 0.227 e. The van der Waals surface area contributed by atoms with Gasteiger partial charge in [-0.15, -0.1) is 0 Å². The average molecular weight is 317 g/mol. The van der Waals surface area contributed by atoms with E-state index in [1.54, 1.807) is 0 Å². The molecular weight excluding hydrogens is 286 g/mol. The number of likely N-dealkylation sites (tertiary alicyclic amines) is 1. The topological polar surface area (TPSA) is 58.4 Å². The Kier molecular flexibility index (Phi) is 6.60. The van der Waals surface area contributed by atoms with Crippen LogP contribution in [0.4, 0.5) is 0 Å². The third kappa shape index (κ3) is 4.55. The van der Waals surface area contributed by atoms with Crippen LogP contribution in [0, 0.1) is 5.41 Å². The number of amides is 1. The molecule has 1 aromatic rings. The molecule has 128 valence electrons. The Morgan fingerprint density at radius 3 is 2.35 bits per heavy atom. The summed E-state index contributed by atoms with van der Waals surface area (Å²) in [5.74, 6) is 0.145. The number of rotatable bonds is 7. The van der Waals surface area contributed by atoms with E-state index in [1.165, 1.54) is 5.56 Å². The number of hydrogen-bond acceptors (Lipinski definition) is 3. The van der Waals surface area contributed by atoms with Gasteiger partial charge in [-0.3, -0.25) is 9.69 Å². The Hall–Kier alpha value is -1.39. The molecule has 1 aliphatic rings. The van der Waals surface area contributed by atoms with Crippen molar-refractivity contribution < 1.29 is 4.79 Å². The maximum atomic E-state index is 12.6. The van der Waals surface area contributed by atoms with E-state index in [-0.39, 0.29) is 11.3 Å². The van der Waals surface area contributed by atoms with E-state index in [0.29, 0.717) is 12.6 Å². The Balaban J connectivity index is 1.81. The average Bonchev–Trinajstić information content (AvgIpc) is 2.60. The summed E-state index contributed by atoms with van der Waals surface area (Å²) in [5, 5.41) is 3.25. The highest BCUT2D eigenvalue weighted by Crippen LogP contribution is 2.26. The van der Waals surface area contributed by atoms with Gasteiger partial charge in [-0.25, -0.2) is 0 Å². The minimum atomic E-state index is -0.388. The van der Waals surface area contributed by atoms with Gasteiger partial charge in [-0.2, -0.15) is 0 Å². The smallest absolute Gasteiger partial charge is 0.227 e. The van der Waals surface area contributed by atoms with Gasteiger partial charge in [0, 0.05) is 32.2 Å². The molecule has 0 aromatic heterocycles. The molecule has 0 saturated carbocycles. The minimum Gasteiger partial charge on any atom is -0.353 e. The zero-order valence-corrected chi connectivity index (χ0v) is 14.6. The number of nitrogens with two attached hydrogens (primary N) is 1. The quantitative estimate of drug-likeness (QED) is 0.812. The first kappa shape index (κ1) is 18.0. The number of piperidine rings is 1. The van der Waals surface area contributed by atoms with E-state index in [1.807, 2.05) is 0 Å². The van der Waals surface area contributed by atoms with Gasteiger partial charge in [0.2, 0.25) is 5.91 Å². The predicted molar refractivity (Wildman–Crippen MR) is 95.0 cm³/mol. The fourth-order valence-electron chi connectivity index (χ4n) is 3.37. The second-order valence-electron chi connectivity index (χ2n) is 6.70. The number of nitrogens with one attached hydrogen (secondary N) is 1. The molecule has 0 spiro atoms. The number of nitrogens with zero attached hydrogens (tertiary/aromatic N) is 1. The summed E-state index contributed by atoms with van der Waals surface area (Å²) >= 11 is 0. The lowest BCUT2D eigenvalue weighted by atomic mass is 9.81. The number of hydrogen-bond donors (Lipinski definition) is 2. The molecule has 0 bridgehead atoms. The van der Waals surface area contributed by atoms with Gasteiger partial charge in [-0.05, 0) is 31.2 Å². The molecule has 0 aliphatic carbocycles. The van der Waals surface area contributed by atoms with Crippen LogP contribution in [0.15, 0.2) is 30.3 Å². The Morgan fingerprint density at radius 1 is 1.22 bits per heavy atom. The van der Waals surface area contributed by atoms with E-state index in [2.05, 4.69) is 54.4 Å². The summed E-state index contributed by atoms with van der Waals surface area (Å²) < 4.78 is 0. The van der Waals surface area contributed by atoms with Crippen molar-refractivity contribution in [1.29, 1.82) is 0 Å². The fourth-order valence-corrected chi connectivity index (χ4v) is 3.37. The van der Waals surface area contributed by atoms with E-state index in [9.17, 15) is 4.79 Å². The highest BCUT2D eigenvalue weighted by Gasteiger charge is 2.35. The third-order valence-corrected chi connectivity index (χ3v) is 5.40. The van der Waals surface area contributed by atoms with Gasteiger partial charge in [0.25, 0.3) is 0 Å². The van der Waals surface area contributed by atoms with Crippen molar-refractivity contribution >= 4 is 5.91 Å². The zero-order chi connectivity index (χ0) is 16.7. The van der Waals surface area contributed by atoms with E-state index < -0.39 is 0 Å². The molecule has 1 aromatic carbocycles. The maximum absolute atomic E-state index is 12.6. The summed E-state index contributed by atoms with van der Waals surface area (Å²) in [7, 11) is 0. The standard InChI is InChI=1S/C19H31N3O/c1-3-19(4-2,15-20)18(23)21-17-10-12-22(13-11-17)14-16-8-6-5-7-9-16/h5-9,17H,3-4,10-15,20H2,1-2H3,(H,21,23). The molecule has 4 nitrogen and oxygen atoms in total. The largest absolute Gasteiger partial charge is 0.353 e. The molecule has 1 heterocycles. The summed E-state index contributed by atoms with van der Waals surface area (Å²) in [4.78, 5) is 15.1. The molecule has 2 rings (SSSR count). The van der Waals surface area contributed by atoms with Crippen LogP contribution >= 0.6 is 0 Å². The van der Waals surface area contributed by atoms with Crippen molar-refractivity contribution in [3.8, 4) is 0 Å². The fraction of sp³-hybridized carbons (Fsp3) is 0.632. The van der Waals surface area contributed by atoms with Crippen LogP contribution in [0.25, 0.3) is 0 Å². The van der Waals surface area contributed by atoms with Crippen molar-refractivity contribution in [2.24, 2.45) is 11.1 Å². The van der Waals surface area contributed by atoms with Crippen LogP contribution in [-0.4, -0.2) is 36.5 Å². The van der Waals surface area contributed by atoms with Gasteiger partial charge >= 0.3 is 0 Å². The molecule has 23 heavy (non-hydrogen) atoms. The number of carbonyl (C=O) groups excluding carboxylic acids is 1. The van der Waals surface area contributed by atoms with Crippen LogP contribution < -0.4 is 11.1 Å². The SMILES string of the molecule is CCC(CC)(CN)C(=O)NC1CCN(Cc2ccccc2)CC1. The molecule has 1 aliphatic heterocycles. The van der Waals surface area contributed by atoms with Crippen LogP contribution in [-0.2, 0) is 11.3 Å². The molecule has 1 amide bonds. The van der Waals surface area contributed by atoms with Crippen LogP contribution in [0.2, 0.25) is 0 Å². The Labute approximate surface area is 140 Å². The molecule has 1 saturated heterocycles. The second kappa shape index (κ2) is 8.46. The summed E-state index contributed by atoms with van der Waals surface area (Å²) in [6.45, 7) is 7.61. The molecule has 4 heteroatoms. The van der Waals surface area contributed by atoms with Gasteiger partial charge in [0.15, 0.2) is 0 Å². The third-order valence-electron chi connectivity index (χ3n) is 5.40. The van der Waals surface area contributed by atoms with E-state index >= 15 is 0 Å². The highest BCUT2D eigenvalue weighted by atomic mass is 16.2. The van der Waals surface area contributed by atoms with Crippen molar-refractivity contribution in [3.05, 3.63) is 35.9 Å². The van der Waals surface area contributed by atoms with Gasteiger partial charge in [0.1, 0.15) is 0 Å². The summed E-state index contributed by atoms with van der Waals surface area (Å²) in [6.07, 6.45) is 3.65. The first-order valence-electron chi connectivity index (χ1n) is 8.91. The molecule has 0 atom stereocenters. The summed E-state index contributed by atoms with van der Waals surface area (Å²) in [5.41, 5.74) is 6.84. The lowest BCUT2D eigenvalue weighted by molar-refractivity contribution is -0.132. The zero-order valence-electron chi connectivity index (χ0n) is 14.6. The lowest BCUT2D eigenvalue weighted by Crippen LogP contribution is -2.51. The molecule has 0 unspecified atom stereocenters. The van der Waals surface area contributed by atoms with Crippen molar-refractivity contribution in [3.63, 3.8) is 0 Å². The first-order valence-corrected chi connectivity index (χ1v) is 8.91. The second-order valence-corrected chi connectivity index (χ2v) is 6.70. The predicted octanol–water partition coefficient (Wildman–Crippen LogP) is 2.53. The van der Waals surface area contributed by atoms with Crippen molar-refractivity contribution in [1.82, 2.24) is 10.2 Å². The van der Waals surface area contributed by atoms with Crippen molar-refractivity contribution in [2.75, 3.05) is 19.6 Å². The van der Waals surface area contributed by atoms with Gasteiger partial charge in [-0.1, -0.05) is 44.2 Å². The Bertz CT molecular complexity index is 468. The lowest BCUT2D eigenvalue weighted by Gasteiger charge is -2.35. The monoisotopic (exact) mass is 317 g/mol. The van der Waals surface area contributed by atoms with E-state index in [0.717, 1.165) is 45.3 Å². The number of benzene rings is 1.